The van der Waals surface area contributed by atoms with Gasteiger partial charge in [-0.2, -0.15) is 8.67 Å². The van der Waals surface area contributed by atoms with E-state index in [0.717, 1.165) is 12.0 Å². The van der Waals surface area contributed by atoms with Gasteiger partial charge in [0, 0.05) is 64.2 Å². The van der Waals surface area contributed by atoms with Crippen LogP contribution in [0.25, 0.3) is 0 Å². The molecule has 0 spiro atoms. The fraction of sp³-hybridized carbons (Fsp3) is 1.00. The molecule has 0 saturated carbocycles. The molecule has 0 aromatic heterocycles. The van der Waals surface area contributed by atoms with Crippen molar-refractivity contribution < 1.29 is 142 Å². The molecule has 0 aromatic rings. The Labute approximate surface area is 323 Å². The Morgan fingerprint density at radius 2 is 1.07 bits per heavy atom. The van der Waals surface area contributed by atoms with Gasteiger partial charge < -0.3 is 63.7 Å². The second-order valence-corrected chi connectivity index (χ2v) is 11.7. The zero-order chi connectivity index (χ0) is 33.1. The minimum atomic E-state index is -1.47. The molecule has 0 aromatic carbocycles. The summed E-state index contributed by atoms with van der Waals surface area (Å²) in [5.41, 5.74) is 0. The van der Waals surface area contributed by atoms with Crippen molar-refractivity contribution in [1.29, 1.82) is 0 Å². The van der Waals surface area contributed by atoms with Crippen LogP contribution in [0, 0.1) is 17.8 Å². The minimum Gasteiger partial charge on any atom is -0.691 e. The van der Waals surface area contributed by atoms with E-state index in [1.54, 1.807) is 14.2 Å². The Morgan fingerprint density at radius 1 is 0.609 bits per heavy atom. The molecule has 2 fully saturated rings. The standard InChI is InChI=1S/C14H28O7S.C11H22O10S.2Na/c1-9-10(2)13(8-22-21-20-15)19-14(11(9)3)18-7-12(17-5)6-16-4;1-16-3-6(17-2)4-18-11-10(14)9(13)8(12)7(19-11)5-22-21-20-15;;/h9-15H,6-8H2,1-5H3;6-15H,3-5H2,1-2H3;;/q;;2*+1/p-2. The van der Waals surface area contributed by atoms with Crippen molar-refractivity contribution in [2.24, 2.45) is 17.8 Å². The topological polar surface area (TPSA) is 218 Å². The molecular formula is C25H48Na2O17S2. The summed E-state index contributed by atoms with van der Waals surface area (Å²) in [5, 5.41) is 55.6. The van der Waals surface area contributed by atoms with Crippen molar-refractivity contribution in [2.75, 3.05) is 66.4 Å². The molecule has 3 N–H and O–H groups in total. The molecule has 2 saturated heterocycles. The maximum atomic E-state index is 9.87. The number of rotatable bonds is 20. The van der Waals surface area contributed by atoms with Crippen molar-refractivity contribution in [2.45, 2.75) is 76.1 Å². The van der Waals surface area contributed by atoms with Crippen LogP contribution in [0.5, 0.6) is 0 Å². The van der Waals surface area contributed by atoms with E-state index in [1.807, 2.05) is 0 Å². The molecule has 0 amide bonds. The molecule has 12 atom stereocenters. The van der Waals surface area contributed by atoms with Crippen LogP contribution in [0.2, 0.25) is 0 Å². The first-order valence-electron chi connectivity index (χ1n) is 13.9. The van der Waals surface area contributed by atoms with Crippen LogP contribution in [-0.2, 0) is 56.6 Å². The molecule has 12 unspecified atom stereocenters. The van der Waals surface area contributed by atoms with Gasteiger partial charge in [0.05, 0.1) is 38.3 Å². The molecule has 2 rings (SSSR count). The number of hydrogen-bond donors (Lipinski definition) is 3. The summed E-state index contributed by atoms with van der Waals surface area (Å²) in [7, 11) is 6.23. The van der Waals surface area contributed by atoms with E-state index in [9.17, 15) is 25.8 Å². The fourth-order valence-electron chi connectivity index (χ4n) is 4.43. The molecule has 2 aliphatic heterocycles. The van der Waals surface area contributed by atoms with Gasteiger partial charge >= 0.3 is 59.1 Å². The van der Waals surface area contributed by atoms with Crippen molar-refractivity contribution in [3.63, 3.8) is 0 Å². The molecule has 2 heterocycles. The quantitative estimate of drug-likeness (QED) is 0.0349. The van der Waals surface area contributed by atoms with Crippen LogP contribution in [0.4, 0.5) is 0 Å². The predicted molar refractivity (Wildman–Crippen MR) is 149 cm³/mol. The van der Waals surface area contributed by atoms with Crippen LogP contribution in [0.1, 0.15) is 20.8 Å². The largest absolute Gasteiger partial charge is 1.00 e. The Kier molecular flexibility index (Phi) is 32.2. The molecule has 0 radical (unpaired) electrons. The summed E-state index contributed by atoms with van der Waals surface area (Å²) in [6.45, 7) is 7.62. The van der Waals surface area contributed by atoms with Gasteiger partial charge in [-0.15, -0.1) is 0 Å². The summed E-state index contributed by atoms with van der Waals surface area (Å²) in [6, 6.07) is 0. The third kappa shape index (κ3) is 18.0. The summed E-state index contributed by atoms with van der Waals surface area (Å²) >= 11 is 1.54. The molecule has 17 nitrogen and oxygen atoms in total. The average molecular weight is 731 g/mol. The van der Waals surface area contributed by atoms with E-state index in [0.29, 0.717) is 42.8 Å². The average Bonchev–Trinajstić information content (AvgIpc) is 3.02. The summed E-state index contributed by atoms with van der Waals surface area (Å²) < 4.78 is 51.4. The summed E-state index contributed by atoms with van der Waals surface area (Å²) in [6.07, 6.45) is -7.27. The normalized spacial score (nSPS) is 32.3. The van der Waals surface area contributed by atoms with Gasteiger partial charge in [0.15, 0.2) is 12.6 Å². The smallest absolute Gasteiger partial charge is 0.691 e. The maximum Gasteiger partial charge on any atom is 1.00 e. The van der Waals surface area contributed by atoms with Crippen LogP contribution < -0.4 is 69.6 Å². The number of ether oxygens (including phenoxy) is 8. The number of hydrogen-bond acceptors (Lipinski definition) is 19. The van der Waals surface area contributed by atoms with Gasteiger partial charge in [0.2, 0.25) is 0 Å². The Hall–Kier alpha value is 2.02. The van der Waals surface area contributed by atoms with Gasteiger partial charge in [0.1, 0.15) is 36.6 Å². The Bertz CT molecular complexity index is 659. The van der Waals surface area contributed by atoms with E-state index < -0.39 is 30.7 Å². The second-order valence-electron chi connectivity index (χ2n) is 10.3. The van der Waals surface area contributed by atoms with Crippen molar-refractivity contribution in [1.82, 2.24) is 0 Å². The second kappa shape index (κ2) is 29.6. The maximum absolute atomic E-state index is 9.87. The van der Waals surface area contributed by atoms with Crippen molar-refractivity contribution in [3.05, 3.63) is 0 Å². The summed E-state index contributed by atoms with van der Waals surface area (Å²) in [4.78, 5) is 0. The first kappa shape index (κ1) is 50.1. The SMILES string of the molecule is COCC(COC1OC(CSOO[O-])C(C)C(C)C1C)OC.COCC(COC1OC(CSOO[O-])C(O)C(O)C1O)OC.[Na+].[Na+]. The van der Waals surface area contributed by atoms with E-state index in [2.05, 4.69) is 39.5 Å². The number of aliphatic hydroxyl groups is 3. The van der Waals surface area contributed by atoms with Gasteiger partial charge in [0.25, 0.3) is 0 Å². The minimum absolute atomic E-state index is 0. The van der Waals surface area contributed by atoms with Crippen LogP contribution in [0.15, 0.2) is 0 Å². The molecule has 46 heavy (non-hydrogen) atoms. The predicted octanol–water partition coefficient (Wildman–Crippen LogP) is -7.48. The third-order valence-electron chi connectivity index (χ3n) is 7.53. The fourth-order valence-corrected chi connectivity index (χ4v) is 5.55. The van der Waals surface area contributed by atoms with Crippen LogP contribution >= 0.6 is 24.1 Å². The first-order chi connectivity index (χ1) is 21.1. The zero-order valence-corrected chi connectivity index (χ0v) is 33.7. The van der Waals surface area contributed by atoms with Gasteiger partial charge in [-0.1, -0.05) is 20.8 Å². The molecule has 2 aliphatic rings. The van der Waals surface area contributed by atoms with E-state index in [-0.39, 0.29) is 109 Å². The van der Waals surface area contributed by atoms with Crippen LogP contribution in [0.3, 0.4) is 0 Å². The first-order valence-corrected chi connectivity index (χ1v) is 15.7. The Morgan fingerprint density at radius 3 is 1.52 bits per heavy atom. The molecule has 21 heteroatoms. The molecule has 0 aliphatic carbocycles. The van der Waals surface area contributed by atoms with E-state index in [1.165, 1.54) is 14.2 Å². The number of aliphatic hydroxyl groups excluding tert-OH is 3. The monoisotopic (exact) mass is 730 g/mol. The molecule has 264 valence electrons. The molecular weight excluding hydrogens is 682 g/mol. The molecule has 0 bridgehead atoms. The Balaban J connectivity index is 0. The summed E-state index contributed by atoms with van der Waals surface area (Å²) in [5.74, 6) is 1.49. The van der Waals surface area contributed by atoms with Gasteiger partial charge in [-0.05, 0) is 11.8 Å². The van der Waals surface area contributed by atoms with E-state index >= 15 is 0 Å². The van der Waals surface area contributed by atoms with Crippen LogP contribution in [-0.4, -0.2) is 137 Å². The third-order valence-corrected chi connectivity index (χ3v) is 8.77. The van der Waals surface area contributed by atoms with Crippen molar-refractivity contribution in [3.8, 4) is 0 Å². The number of methoxy groups -OCH3 is 4. The van der Waals surface area contributed by atoms with Gasteiger partial charge in [-0.3, -0.25) is 10.1 Å². The zero-order valence-electron chi connectivity index (χ0n) is 28.0. The van der Waals surface area contributed by atoms with Crippen molar-refractivity contribution >= 4 is 24.1 Å². The van der Waals surface area contributed by atoms with Gasteiger partial charge in [-0.25, -0.2) is 0 Å². The van der Waals surface area contributed by atoms with E-state index in [4.69, 9.17) is 37.9 Å².